The Morgan fingerprint density at radius 2 is 2.14 bits per heavy atom. The predicted octanol–water partition coefficient (Wildman–Crippen LogP) is 0.561. The fraction of sp³-hybridized carbons (Fsp3) is 0.643. The molecule has 1 unspecified atom stereocenters. The summed E-state index contributed by atoms with van der Waals surface area (Å²) in [7, 11) is 0. The largest absolute Gasteiger partial charge is 0.444 e. The van der Waals surface area contributed by atoms with Crippen molar-refractivity contribution in [3.63, 3.8) is 0 Å². The summed E-state index contributed by atoms with van der Waals surface area (Å²) in [5, 5.41) is 18.8. The molecule has 1 rings (SSSR count). The molecule has 1 heterocycles. The summed E-state index contributed by atoms with van der Waals surface area (Å²) in [6.07, 6.45) is 0.374. The minimum absolute atomic E-state index is 0.152. The highest BCUT2D eigenvalue weighted by atomic mass is 16.6. The summed E-state index contributed by atoms with van der Waals surface area (Å²) >= 11 is 0. The first kappa shape index (κ1) is 18.0. The number of hydrogen-bond donors (Lipinski definition) is 3. The molecule has 0 radical (unpaired) electrons. The first-order valence-electron chi connectivity index (χ1n) is 7.13. The number of nitrogens with one attached hydrogen (secondary N) is 2. The van der Waals surface area contributed by atoms with Gasteiger partial charge in [0.25, 0.3) is 5.56 Å². The maximum atomic E-state index is 11.7. The summed E-state index contributed by atoms with van der Waals surface area (Å²) in [6, 6.07) is 1.39. The van der Waals surface area contributed by atoms with Gasteiger partial charge < -0.3 is 20.5 Å². The van der Waals surface area contributed by atoms with Gasteiger partial charge in [-0.25, -0.2) is 9.48 Å². The number of aliphatic hydroxyl groups excluding tert-OH is 1. The van der Waals surface area contributed by atoms with Crippen LogP contribution in [0.5, 0.6) is 0 Å². The second-order valence-electron chi connectivity index (χ2n) is 5.97. The summed E-state index contributed by atoms with van der Waals surface area (Å²) < 4.78 is 6.28. The van der Waals surface area contributed by atoms with Gasteiger partial charge in [-0.1, -0.05) is 0 Å². The van der Waals surface area contributed by atoms with E-state index in [0.29, 0.717) is 18.8 Å². The van der Waals surface area contributed by atoms with Gasteiger partial charge in [-0.3, -0.25) is 4.79 Å². The number of alkyl carbamates (subject to hydrolysis) is 1. The Balaban J connectivity index is 2.38. The third-order valence-electron chi connectivity index (χ3n) is 2.43. The lowest BCUT2D eigenvalue weighted by Crippen LogP contribution is -2.35. The number of aliphatic hydroxyl groups is 1. The van der Waals surface area contributed by atoms with Gasteiger partial charge in [0.05, 0.1) is 24.5 Å². The van der Waals surface area contributed by atoms with E-state index in [4.69, 9.17) is 4.74 Å². The Bertz CT molecular complexity index is 549. The number of nitrogens with zero attached hydrogens (tertiary/aromatic N) is 2. The van der Waals surface area contributed by atoms with Gasteiger partial charge in [-0.15, -0.1) is 0 Å². The molecule has 0 fully saturated rings. The molecule has 0 aromatic carbocycles. The average Bonchev–Trinajstić information content (AvgIpc) is 2.35. The Morgan fingerprint density at radius 3 is 2.68 bits per heavy atom. The maximum absolute atomic E-state index is 11.7. The smallest absolute Gasteiger partial charge is 0.407 e. The van der Waals surface area contributed by atoms with Crippen molar-refractivity contribution in [3.05, 3.63) is 22.6 Å². The van der Waals surface area contributed by atoms with E-state index in [-0.39, 0.29) is 12.1 Å². The number of ether oxygens (including phenoxy) is 1. The van der Waals surface area contributed by atoms with Gasteiger partial charge in [0.2, 0.25) is 0 Å². The van der Waals surface area contributed by atoms with Crippen LogP contribution >= 0.6 is 0 Å². The zero-order valence-electron chi connectivity index (χ0n) is 13.4. The Hall–Kier alpha value is -2.09. The Kier molecular flexibility index (Phi) is 6.36. The van der Waals surface area contributed by atoms with Crippen LogP contribution in [-0.4, -0.2) is 45.8 Å². The van der Waals surface area contributed by atoms with Gasteiger partial charge >= 0.3 is 6.09 Å². The zero-order chi connectivity index (χ0) is 16.8. The third kappa shape index (κ3) is 7.07. The highest BCUT2D eigenvalue weighted by Crippen LogP contribution is 2.06. The molecule has 0 aliphatic carbocycles. The molecule has 1 amide bonds. The van der Waals surface area contributed by atoms with Crippen molar-refractivity contribution < 1.29 is 14.6 Å². The standard InChI is InChI=1S/C14H24N4O4/c1-10(19)9-18-12(20)7-11(8-17-18)15-5-6-16-13(21)22-14(2,3)4/h7-8,10,15,19H,5-6,9H2,1-4H3,(H,16,21). The predicted molar refractivity (Wildman–Crippen MR) is 82.9 cm³/mol. The molecule has 124 valence electrons. The molecular formula is C14H24N4O4. The van der Waals surface area contributed by atoms with Crippen molar-refractivity contribution in [3.8, 4) is 0 Å². The van der Waals surface area contributed by atoms with Crippen molar-refractivity contribution in [2.45, 2.75) is 45.9 Å². The average molecular weight is 312 g/mol. The molecule has 0 aliphatic heterocycles. The van der Waals surface area contributed by atoms with E-state index in [2.05, 4.69) is 15.7 Å². The normalized spacial score (nSPS) is 12.6. The van der Waals surface area contributed by atoms with Crippen LogP contribution in [0.3, 0.4) is 0 Å². The molecule has 1 aromatic heterocycles. The highest BCUT2D eigenvalue weighted by molar-refractivity contribution is 5.67. The van der Waals surface area contributed by atoms with Crippen LogP contribution in [0.25, 0.3) is 0 Å². The SMILES string of the molecule is CC(O)Cn1ncc(NCCNC(=O)OC(C)(C)C)cc1=O. The molecule has 22 heavy (non-hydrogen) atoms. The van der Waals surface area contributed by atoms with E-state index in [1.54, 1.807) is 27.7 Å². The number of amides is 1. The third-order valence-corrected chi connectivity index (χ3v) is 2.43. The summed E-state index contributed by atoms with van der Waals surface area (Å²) in [5.41, 5.74) is -0.278. The lowest BCUT2D eigenvalue weighted by Gasteiger charge is -2.19. The quantitative estimate of drug-likeness (QED) is 0.663. The molecule has 3 N–H and O–H groups in total. The molecule has 0 saturated carbocycles. The van der Waals surface area contributed by atoms with Gasteiger partial charge in [0.1, 0.15) is 5.60 Å². The minimum Gasteiger partial charge on any atom is -0.444 e. The monoisotopic (exact) mass is 312 g/mol. The van der Waals surface area contributed by atoms with Crippen LogP contribution in [0.4, 0.5) is 10.5 Å². The van der Waals surface area contributed by atoms with Gasteiger partial charge in [0.15, 0.2) is 0 Å². The van der Waals surface area contributed by atoms with E-state index in [1.165, 1.54) is 16.9 Å². The van der Waals surface area contributed by atoms with Crippen LogP contribution < -0.4 is 16.2 Å². The van der Waals surface area contributed by atoms with Crippen molar-refractivity contribution in [1.82, 2.24) is 15.1 Å². The molecule has 1 atom stereocenters. The number of carbonyl (C=O) groups is 1. The highest BCUT2D eigenvalue weighted by Gasteiger charge is 2.15. The van der Waals surface area contributed by atoms with Crippen molar-refractivity contribution in [2.75, 3.05) is 18.4 Å². The summed E-state index contributed by atoms with van der Waals surface area (Å²) in [5.74, 6) is 0. The maximum Gasteiger partial charge on any atom is 0.407 e. The van der Waals surface area contributed by atoms with Crippen LogP contribution in [0.1, 0.15) is 27.7 Å². The number of anilines is 1. The summed E-state index contributed by atoms with van der Waals surface area (Å²) in [4.78, 5) is 23.2. The molecule has 8 heteroatoms. The van der Waals surface area contributed by atoms with Crippen LogP contribution in [-0.2, 0) is 11.3 Å². The number of hydrogen-bond acceptors (Lipinski definition) is 6. The van der Waals surface area contributed by atoms with Crippen molar-refractivity contribution in [1.29, 1.82) is 0 Å². The topological polar surface area (TPSA) is 105 Å². The van der Waals surface area contributed by atoms with E-state index < -0.39 is 17.8 Å². The van der Waals surface area contributed by atoms with Gasteiger partial charge in [-0.2, -0.15) is 5.10 Å². The van der Waals surface area contributed by atoms with Crippen LogP contribution in [0.15, 0.2) is 17.1 Å². The van der Waals surface area contributed by atoms with Gasteiger partial charge in [0, 0.05) is 19.2 Å². The fourth-order valence-electron chi connectivity index (χ4n) is 1.60. The molecule has 8 nitrogen and oxygen atoms in total. The number of carbonyl (C=O) groups excluding carboxylic acids is 1. The second kappa shape index (κ2) is 7.79. The second-order valence-corrected chi connectivity index (χ2v) is 5.97. The Labute approximate surface area is 129 Å². The van der Waals surface area contributed by atoms with E-state index in [9.17, 15) is 14.7 Å². The van der Waals surface area contributed by atoms with Crippen molar-refractivity contribution in [2.24, 2.45) is 0 Å². The summed E-state index contributed by atoms with van der Waals surface area (Å²) in [6.45, 7) is 7.89. The number of aromatic nitrogens is 2. The molecule has 1 aromatic rings. The lowest BCUT2D eigenvalue weighted by molar-refractivity contribution is 0.0530. The van der Waals surface area contributed by atoms with Crippen molar-refractivity contribution >= 4 is 11.8 Å². The first-order chi connectivity index (χ1) is 10.2. The minimum atomic E-state index is -0.637. The number of rotatable bonds is 6. The van der Waals surface area contributed by atoms with Crippen LogP contribution in [0.2, 0.25) is 0 Å². The van der Waals surface area contributed by atoms with E-state index in [1.807, 2.05) is 0 Å². The van der Waals surface area contributed by atoms with Crippen LogP contribution in [0, 0.1) is 0 Å². The molecule has 0 saturated heterocycles. The molecule has 0 bridgehead atoms. The van der Waals surface area contributed by atoms with Gasteiger partial charge in [-0.05, 0) is 27.7 Å². The molecular weight excluding hydrogens is 288 g/mol. The Morgan fingerprint density at radius 1 is 1.45 bits per heavy atom. The molecule has 0 spiro atoms. The fourth-order valence-corrected chi connectivity index (χ4v) is 1.60. The first-order valence-corrected chi connectivity index (χ1v) is 7.13. The molecule has 0 aliphatic rings. The van der Waals surface area contributed by atoms with E-state index >= 15 is 0 Å². The zero-order valence-corrected chi connectivity index (χ0v) is 13.4. The lowest BCUT2D eigenvalue weighted by atomic mass is 10.2. The van der Waals surface area contributed by atoms with E-state index in [0.717, 1.165) is 0 Å².